The minimum Gasteiger partial charge on any atom is -0.361 e. The zero-order chi connectivity index (χ0) is 18.9. The summed E-state index contributed by atoms with van der Waals surface area (Å²) in [4.78, 5) is 29.1. The van der Waals surface area contributed by atoms with Gasteiger partial charge in [-0.1, -0.05) is 5.16 Å². The molecule has 0 bridgehead atoms. The standard InChI is InChI=1S/C16H17F3N4O3/c1-10-6-12(21-26-10)15(25)22-4-2-11(3-5-22)8-23-9-20-13(7-14(23)24)16(17,18)19/h6-7,9,11H,2-5,8H2,1H3. The first-order valence-corrected chi connectivity index (χ1v) is 8.10. The Balaban J connectivity index is 1.59. The summed E-state index contributed by atoms with van der Waals surface area (Å²) in [6, 6.07) is 2.08. The summed E-state index contributed by atoms with van der Waals surface area (Å²) in [5.74, 6) is 0.417. The Bertz CT molecular complexity index is 851. The summed E-state index contributed by atoms with van der Waals surface area (Å²) in [6.07, 6.45) is -2.43. The number of piperidine rings is 1. The molecule has 0 saturated carbocycles. The van der Waals surface area contributed by atoms with Gasteiger partial charge in [-0.05, 0) is 25.7 Å². The van der Waals surface area contributed by atoms with Crippen LogP contribution >= 0.6 is 0 Å². The zero-order valence-corrected chi connectivity index (χ0v) is 14.0. The van der Waals surface area contributed by atoms with Gasteiger partial charge in [-0.3, -0.25) is 14.2 Å². The number of amides is 1. The van der Waals surface area contributed by atoms with E-state index in [-0.39, 0.29) is 24.1 Å². The Labute approximate surface area is 146 Å². The molecule has 26 heavy (non-hydrogen) atoms. The second-order valence-corrected chi connectivity index (χ2v) is 6.32. The molecule has 2 aromatic heterocycles. The molecule has 1 amide bonds. The highest BCUT2D eigenvalue weighted by atomic mass is 19.4. The maximum absolute atomic E-state index is 12.6. The highest BCUT2D eigenvalue weighted by Crippen LogP contribution is 2.26. The summed E-state index contributed by atoms with van der Waals surface area (Å²) in [5, 5.41) is 3.71. The molecule has 0 aliphatic carbocycles. The molecular formula is C16H17F3N4O3. The molecule has 0 unspecified atom stereocenters. The van der Waals surface area contributed by atoms with Crippen LogP contribution < -0.4 is 5.56 Å². The molecule has 0 spiro atoms. The molecule has 1 fully saturated rings. The predicted molar refractivity (Wildman–Crippen MR) is 83.4 cm³/mol. The van der Waals surface area contributed by atoms with Gasteiger partial charge in [0.1, 0.15) is 5.76 Å². The van der Waals surface area contributed by atoms with Crippen molar-refractivity contribution in [2.75, 3.05) is 13.1 Å². The summed E-state index contributed by atoms with van der Waals surface area (Å²) < 4.78 is 43.8. The van der Waals surface area contributed by atoms with E-state index >= 15 is 0 Å². The third-order valence-corrected chi connectivity index (χ3v) is 4.37. The van der Waals surface area contributed by atoms with Crippen molar-refractivity contribution in [3.63, 3.8) is 0 Å². The van der Waals surface area contributed by atoms with Crippen LogP contribution in [0.1, 0.15) is 34.8 Å². The fourth-order valence-electron chi connectivity index (χ4n) is 2.94. The smallest absolute Gasteiger partial charge is 0.361 e. The molecule has 7 nitrogen and oxygen atoms in total. The predicted octanol–water partition coefficient (Wildman–Crippen LogP) is 2.11. The average molecular weight is 370 g/mol. The van der Waals surface area contributed by atoms with Crippen molar-refractivity contribution >= 4 is 5.91 Å². The molecule has 0 N–H and O–H groups in total. The lowest BCUT2D eigenvalue weighted by atomic mass is 9.96. The number of carbonyl (C=O) groups excluding carboxylic acids is 1. The molecule has 1 aliphatic heterocycles. The molecule has 2 aromatic rings. The first-order valence-electron chi connectivity index (χ1n) is 8.10. The monoisotopic (exact) mass is 370 g/mol. The van der Waals surface area contributed by atoms with E-state index in [0.29, 0.717) is 37.8 Å². The van der Waals surface area contributed by atoms with Crippen LogP contribution in [0, 0.1) is 12.8 Å². The van der Waals surface area contributed by atoms with Crippen molar-refractivity contribution in [1.29, 1.82) is 0 Å². The third-order valence-electron chi connectivity index (χ3n) is 4.37. The van der Waals surface area contributed by atoms with E-state index in [2.05, 4.69) is 10.1 Å². The van der Waals surface area contributed by atoms with Crippen molar-refractivity contribution in [2.24, 2.45) is 5.92 Å². The number of hydrogen-bond donors (Lipinski definition) is 0. The van der Waals surface area contributed by atoms with E-state index in [1.165, 1.54) is 4.57 Å². The molecule has 1 saturated heterocycles. The summed E-state index contributed by atoms with van der Waals surface area (Å²) in [5.41, 5.74) is -1.67. The van der Waals surface area contributed by atoms with Crippen molar-refractivity contribution in [1.82, 2.24) is 19.6 Å². The highest BCUT2D eigenvalue weighted by molar-refractivity contribution is 5.92. The van der Waals surface area contributed by atoms with Gasteiger partial charge in [0.25, 0.3) is 11.5 Å². The number of alkyl halides is 3. The van der Waals surface area contributed by atoms with Gasteiger partial charge in [0.15, 0.2) is 11.4 Å². The van der Waals surface area contributed by atoms with Crippen LogP contribution in [0.3, 0.4) is 0 Å². The SMILES string of the molecule is Cc1cc(C(=O)N2CCC(Cn3cnc(C(F)(F)F)cc3=O)CC2)no1. The number of nitrogens with zero attached hydrogens (tertiary/aromatic N) is 4. The maximum Gasteiger partial charge on any atom is 0.433 e. The van der Waals surface area contributed by atoms with Crippen LogP contribution in [0.5, 0.6) is 0 Å². The Morgan fingerprint density at radius 1 is 1.31 bits per heavy atom. The second kappa shape index (κ2) is 6.93. The minimum atomic E-state index is -4.64. The third kappa shape index (κ3) is 3.94. The summed E-state index contributed by atoms with van der Waals surface area (Å²) in [7, 11) is 0. The van der Waals surface area contributed by atoms with Gasteiger partial charge in [0.05, 0.1) is 6.33 Å². The van der Waals surface area contributed by atoms with Crippen LogP contribution in [0.2, 0.25) is 0 Å². The van der Waals surface area contributed by atoms with Gasteiger partial charge < -0.3 is 9.42 Å². The van der Waals surface area contributed by atoms with Gasteiger partial charge >= 0.3 is 6.18 Å². The molecule has 0 aromatic carbocycles. The molecule has 0 atom stereocenters. The van der Waals surface area contributed by atoms with E-state index in [9.17, 15) is 22.8 Å². The van der Waals surface area contributed by atoms with E-state index in [0.717, 1.165) is 6.33 Å². The lowest BCUT2D eigenvalue weighted by Gasteiger charge is -2.31. The van der Waals surface area contributed by atoms with Crippen LogP contribution in [-0.2, 0) is 12.7 Å². The van der Waals surface area contributed by atoms with Crippen LogP contribution in [0.25, 0.3) is 0 Å². The number of hydrogen-bond acceptors (Lipinski definition) is 5. The molecule has 3 heterocycles. The van der Waals surface area contributed by atoms with Gasteiger partial charge in [-0.2, -0.15) is 13.2 Å². The highest BCUT2D eigenvalue weighted by Gasteiger charge is 2.33. The first-order chi connectivity index (χ1) is 12.2. The summed E-state index contributed by atoms with van der Waals surface area (Å²) in [6.45, 7) is 2.94. The molecule has 3 rings (SSSR count). The van der Waals surface area contributed by atoms with Crippen LogP contribution in [-0.4, -0.2) is 38.6 Å². The van der Waals surface area contributed by atoms with Gasteiger partial charge in [0.2, 0.25) is 0 Å². The van der Waals surface area contributed by atoms with Crippen molar-refractivity contribution < 1.29 is 22.5 Å². The molecule has 140 valence electrons. The number of likely N-dealkylation sites (tertiary alicyclic amines) is 1. The topological polar surface area (TPSA) is 81.2 Å². The van der Waals surface area contributed by atoms with E-state index in [4.69, 9.17) is 4.52 Å². The fourth-order valence-corrected chi connectivity index (χ4v) is 2.94. The molecule has 10 heteroatoms. The van der Waals surface area contributed by atoms with Gasteiger partial charge in [-0.15, -0.1) is 0 Å². The Morgan fingerprint density at radius 3 is 2.54 bits per heavy atom. The van der Waals surface area contributed by atoms with E-state index < -0.39 is 17.4 Å². The largest absolute Gasteiger partial charge is 0.433 e. The van der Waals surface area contributed by atoms with E-state index in [1.807, 2.05) is 0 Å². The number of aryl methyl sites for hydroxylation is 1. The van der Waals surface area contributed by atoms with Gasteiger partial charge in [0, 0.05) is 31.8 Å². The Kier molecular flexibility index (Phi) is 4.84. The van der Waals surface area contributed by atoms with Crippen molar-refractivity contribution in [3.8, 4) is 0 Å². The Hall–Kier alpha value is -2.65. The summed E-state index contributed by atoms with van der Waals surface area (Å²) >= 11 is 0. The lowest BCUT2D eigenvalue weighted by Crippen LogP contribution is -2.40. The van der Waals surface area contributed by atoms with Crippen LogP contribution in [0.4, 0.5) is 13.2 Å². The van der Waals surface area contributed by atoms with E-state index in [1.54, 1.807) is 17.9 Å². The number of rotatable bonds is 3. The molecular weight excluding hydrogens is 353 g/mol. The zero-order valence-electron chi connectivity index (χ0n) is 14.0. The normalized spacial score (nSPS) is 16.1. The molecule has 0 radical (unpaired) electrons. The van der Waals surface area contributed by atoms with Crippen molar-refractivity contribution in [2.45, 2.75) is 32.5 Å². The maximum atomic E-state index is 12.6. The quantitative estimate of drug-likeness (QED) is 0.827. The first kappa shape index (κ1) is 18.2. The second-order valence-electron chi connectivity index (χ2n) is 6.32. The number of aromatic nitrogens is 3. The van der Waals surface area contributed by atoms with Crippen molar-refractivity contribution in [3.05, 3.63) is 46.0 Å². The van der Waals surface area contributed by atoms with Crippen LogP contribution in [0.15, 0.2) is 27.8 Å². The molecule has 1 aliphatic rings. The fraction of sp³-hybridized carbons (Fsp3) is 0.500. The minimum absolute atomic E-state index is 0.0781. The Morgan fingerprint density at radius 2 is 2.00 bits per heavy atom. The number of carbonyl (C=O) groups is 1. The average Bonchev–Trinajstić information content (AvgIpc) is 3.02. The number of halogens is 3. The lowest BCUT2D eigenvalue weighted by molar-refractivity contribution is -0.141. The van der Waals surface area contributed by atoms with Gasteiger partial charge in [-0.25, -0.2) is 4.98 Å².